The molecule has 2 aromatic carbocycles. The lowest BCUT2D eigenvalue weighted by molar-refractivity contribution is -0.183. The Kier molecular flexibility index (Phi) is 6.70. The monoisotopic (exact) mass is 540 g/mol. The van der Waals surface area contributed by atoms with E-state index in [0.29, 0.717) is 21.3 Å². The SMILES string of the molecule is OCC1OC(n2nncc2-c2ccc(Cl)c(Cl)c2)CC(n2cc(-c3cc(F)c(F)c(F)c3)nn2)C1O. The Hall–Kier alpha value is -3.03. The molecule has 4 aromatic rings. The minimum atomic E-state index is -1.59. The third-order valence-corrected chi connectivity index (χ3v) is 6.66. The number of rotatable bonds is 5. The van der Waals surface area contributed by atoms with Gasteiger partial charge in [0.1, 0.15) is 17.9 Å². The molecule has 36 heavy (non-hydrogen) atoms. The third-order valence-electron chi connectivity index (χ3n) is 5.92. The van der Waals surface area contributed by atoms with Gasteiger partial charge in [-0.25, -0.2) is 22.5 Å². The maximum absolute atomic E-state index is 13.7. The highest BCUT2D eigenvalue weighted by Gasteiger charge is 2.41. The Morgan fingerprint density at radius 3 is 2.47 bits per heavy atom. The zero-order valence-corrected chi connectivity index (χ0v) is 19.7. The zero-order valence-electron chi connectivity index (χ0n) is 18.1. The van der Waals surface area contributed by atoms with Crippen LogP contribution in [0.2, 0.25) is 10.0 Å². The number of aliphatic hydroxyl groups excluding tert-OH is 2. The first-order chi connectivity index (χ1) is 17.3. The summed E-state index contributed by atoms with van der Waals surface area (Å²) in [5, 5.41) is 37.3. The van der Waals surface area contributed by atoms with Crippen molar-refractivity contribution in [3.63, 3.8) is 0 Å². The Morgan fingerprint density at radius 2 is 1.78 bits per heavy atom. The molecule has 188 valence electrons. The standard InChI is InChI=1S/C22H17Cl2F3N6O3/c23-12-2-1-10(3-13(12)24)18-7-28-30-33(18)20-6-17(22(35)19(9-34)36-20)32-8-16(29-31-32)11-4-14(25)21(27)15(26)5-11/h1-5,7-8,17,19-20,22,34-35H,6,9H2. The van der Waals surface area contributed by atoms with E-state index in [9.17, 15) is 23.4 Å². The van der Waals surface area contributed by atoms with Crippen LogP contribution in [0.5, 0.6) is 0 Å². The van der Waals surface area contributed by atoms with Crippen LogP contribution < -0.4 is 0 Å². The summed E-state index contributed by atoms with van der Waals surface area (Å²) < 4.78 is 49.4. The maximum Gasteiger partial charge on any atom is 0.194 e. The van der Waals surface area contributed by atoms with E-state index in [0.717, 1.165) is 12.1 Å². The van der Waals surface area contributed by atoms with Crippen molar-refractivity contribution in [3.8, 4) is 22.5 Å². The van der Waals surface area contributed by atoms with Crippen molar-refractivity contribution >= 4 is 23.2 Å². The molecule has 9 nitrogen and oxygen atoms in total. The van der Waals surface area contributed by atoms with Gasteiger partial charge in [-0.2, -0.15) is 0 Å². The molecule has 1 fully saturated rings. The van der Waals surface area contributed by atoms with Crippen LogP contribution in [0.4, 0.5) is 13.2 Å². The molecule has 0 amide bonds. The molecule has 1 aliphatic rings. The van der Waals surface area contributed by atoms with Crippen molar-refractivity contribution in [1.82, 2.24) is 30.0 Å². The summed E-state index contributed by atoms with van der Waals surface area (Å²) in [5.41, 5.74) is 1.22. The molecule has 0 saturated carbocycles. The van der Waals surface area contributed by atoms with E-state index >= 15 is 0 Å². The van der Waals surface area contributed by atoms with E-state index in [2.05, 4.69) is 20.6 Å². The lowest BCUT2D eigenvalue weighted by Crippen LogP contribution is -2.46. The van der Waals surface area contributed by atoms with Gasteiger partial charge in [-0.3, -0.25) is 0 Å². The van der Waals surface area contributed by atoms with Gasteiger partial charge >= 0.3 is 0 Å². The molecule has 0 aliphatic carbocycles. The molecule has 0 spiro atoms. The second-order valence-electron chi connectivity index (χ2n) is 8.14. The van der Waals surface area contributed by atoms with Gasteiger partial charge in [0, 0.05) is 17.5 Å². The number of benzene rings is 2. The lowest BCUT2D eigenvalue weighted by atomic mass is 9.98. The van der Waals surface area contributed by atoms with Gasteiger partial charge in [0.15, 0.2) is 23.7 Å². The van der Waals surface area contributed by atoms with Crippen LogP contribution in [-0.2, 0) is 4.74 Å². The summed E-state index contributed by atoms with van der Waals surface area (Å²) in [6.07, 6.45) is -0.0481. The van der Waals surface area contributed by atoms with Gasteiger partial charge < -0.3 is 14.9 Å². The van der Waals surface area contributed by atoms with Crippen molar-refractivity contribution in [2.75, 3.05) is 6.61 Å². The summed E-state index contributed by atoms with van der Waals surface area (Å²) in [4.78, 5) is 0. The molecule has 2 aromatic heterocycles. The molecule has 3 heterocycles. The first-order valence-electron chi connectivity index (χ1n) is 10.6. The first-order valence-corrected chi connectivity index (χ1v) is 11.4. The molecule has 0 radical (unpaired) electrons. The van der Waals surface area contributed by atoms with E-state index in [-0.39, 0.29) is 17.7 Å². The highest BCUT2D eigenvalue weighted by molar-refractivity contribution is 6.42. The normalized spacial score (nSPS) is 22.2. The second-order valence-corrected chi connectivity index (χ2v) is 8.95. The van der Waals surface area contributed by atoms with Gasteiger partial charge in [-0.05, 0) is 24.3 Å². The number of aromatic nitrogens is 6. The van der Waals surface area contributed by atoms with Crippen LogP contribution in [0.1, 0.15) is 18.7 Å². The predicted molar refractivity (Wildman–Crippen MR) is 121 cm³/mol. The van der Waals surface area contributed by atoms with Crippen LogP contribution in [0, 0.1) is 17.5 Å². The molecule has 14 heteroatoms. The Labute approximate surface area is 211 Å². The van der Waals surface area contributed by atoms with E-state index in [4.69, 9.17) is 27.9 Å². The molecular formula is C22H17Cl2F3N6O3. The average molecular weight is 541 g/mol. The number of hydrogen-bond acceptors (Lipinski definition) is 7. The van der Waals surface area contributed by atoms with Crippen molar-refractivity contribution in [2.45, 2.75) is 30.9 Å². The van der Waals surface area contributed by atoms with Crippen LogP contribution in [-0.4, -0.2) is 59.0 Å². The van der Waals surface area contributed by atoms with Crippen molar-refractivity contribution < 1.29 is 28.1 Å². The fourth-order valence-electron chi connectivity index (χ4n) is 4.10. The summed E-state index contributed by atoms with van der Waals surface area (Å²) in [6, 6.07) is 5.81. The zero-order chi connectivity index (χ0) is 25.6. The fourth-order valence-corrected chi connectivity index (χ4v) is 4.40. The number of nitrogens with zero attached hydrogens (tertiary/aromatic N) is 6. The smallest absolute Gasteiger partial charge is 0.194 e. The average Bonchev–Trinajstić information content (AvgIpc) is 3.54. The van der Waals surface area contributed by atoms with Crippen LogP contribution in [0.3, 0.4) is 0 Å². The number of aliphatic hydroxyl groups is 2. The highest BCUT2D eigenvalue weighted by atomic mass is 35.5. The molecule has 1 aliphatic heterocycles. The van der Waals surface area contributed by atoms with Crippen molar-refractivity contribution in [1.29, 1.82) is 0 Å². The van der Waals surface area contributed by atoms with Crippen LogP contribution in [0.25, 0.3) is 22.5 Å². The van der Waals surface area contributed by atoms with Gasteiger partial charge in [-0.1, -0.05) is 39.7 Å². The quantitative estimate of drug-likeness (QED) is 0.370. The van der Waals surface area contributed by atoms with Gasteiger partial charge in [-0.15, -0.1) is 10.2 Å². The molecule has 0 bridgehead atoms. The largest absolute Gasteiger partial charge is 0.394 e. The Bertz CT molecular complexity index is 1390. The van der Waals surface area contributed by atoms with Crippen molar-refractivity contribution in [3.05, 3.63) is 70.2 Å². The third kappa shape index (κ3) is 4.46. The topological polar surface area (TPSA) is 111 Å². The molecule has 5 rings (SSSR count). The van der Waals surface area contributed by atoms with Gasteiger partial charge in [0.25, 0.3) is 0 Å². The van der Waals surface area contributed by atoms with Gasteiger partial charge in [0.2, 0.25) is 0 Å². The van der Waals surface area contributed by atoms with Crippen LogP contribution in [0.15, 0.2) is 42.7 Å². The number of hydrogen-bond donors (Lipinski definition) is 2. The number of halogens is 5. The summed E-state index contributed by atoms with van der Waals surface area (Å²) in [6.45, 7) is -0.513. The lowest BCUT2D eigenvalue weighted by Gasteiger charge is -2.38. The molecule has 1 saturated heterocycles. The summed E-state index contributed by atoms with van der Waals surface area (Å²) >= 11 is 12.2. The Morgan fingerprint density at radius 1 is 1.03 bits per heavy atom. The van der Waals surface area contributed by atoms with E-state index in [1.165, 1.54) is 21.8 Å². The Balaban J connectivity index is 1.47. The fraction of sp³-hybridized carbons (Fsp3) is 0.273. The van der Waals surface area contributed by atoms with Crippen LogP contribution >= 0.6 is 23.2 Å². The molecule has 2 N–H and O–H groups in total. The second kappa shape index (κ2) is 9.79. The molecule has 4 atom stereocenters. The minimum Gasteiger partial charge on any atom is -0.394 e. The predicted octanol–water partition coefficient (Wildman–Crippen LogP) is 3.81. The first kappa shape index (κ1) is 24.7. The summed E-state index contributed by atoms with van der Waals surface area (Å²) in [5.74, 6) is -4.33. The van der Waals surface area contributed by atoms with E-state index in [1.807, 2.05) is 0 Å². The summed E-state index contributed by atoms with van der Waals surface area (Å²) in [7, 11) is 0. The molecule has 4 unspecified atom stereocenters. The molecular weight excluding hydrogens is 524 g/mol. The van der Waals surface area contributed by atoms with E-state index in [1.54, 1.807) is 18.2 Å². The van der Waals surface area contributed by atoms with Gasteiger partial charge in [0.05, 0.1) is 40.8 Å². The number of ether oxygens (including phenoxy) is 1. The minimum absolute atomic E-state index is 0.0346. The van der Waals surface area contributed by atoms with E-state index < -0.39 is 48.5 Å². The van der Waals surface area contributed by atoms with Crippen molar-refractivity contribution in [2.24, 2.45) is 0 Å². The maximum atomic E-state index is 13.7. The highest BCUT2D eigenvalue weighted by Crippen LogP contribution is 2.37.